The van der Waals surface area contributed by atoms with Gasteiger partial charge in [0.1, 0.15) is 5.75 Å². The molecule has 0 radical (unpaired) electrons. The van der Waals surface area contributed by atoms with E-state index in [2.05, 4.69) is 4.98 Å². The first-order valence-corrected chi connectivity index (χ1v) is 6.08. The number of rotatable bonds is 3. The zero-order chi connectivity index (χ0) is 13.1. The van der Waals surface area contributed by atoms with Crippen LogP contribution in [-0.4, -0.2) is 4.98 Å². The minimum Gasteiger partial charge on any atom is -0.439 e. The average molecular weight is 263 g/mol. The van der Waals surface area contributed by atoms with E-state index in [9.17, 15) is 0 Å². The van der Waals surface area contributed by atoms with Crippen molar-refractivity contribution in [2.45, 2.75) is 20.4 Å². The quantitative estimate of drug-likeness (QED) is 0.919. The Morgan fingerprint density at radius 2 is 2.00 bits per heavy atom. The maximum absolute atomic E-state index is 5.97. The van der Waals surface area contributed by atoms with Gasteiger partial charge in [0.25, 0.3) is 0 Å². The molecule has 0 aliphatic carbocycles. The van der Waals surface area contributed by atoms with E-state index in [1.807, 2.05) is 44.2 Å². The number of hydrogen-bond donors (Lipinski definition) is 1. The second kappa shape index (κ2) is 5.38. The van der Waals surface area contributed by atoms with Gasteiger partial charge < -0.3 is 10.5 Å². The van der Waals surface area contributed by atoms with E-state index in [4.69, 9.17) is 22.1 Å². The molecule has 1 aromatic carbocycles. The normalized spacial score (nSPS) is 10.4. The Morgan fingerprint density at radius 1 is 1.22 bits per heavy atom. The largest absolute Gasteiger partial charge is 0.439 e. The molecule has 3 nitrogen and oxygen atoms in total. The van der Waals surface area contributed by atoms with Crippen molar-refractivity contribution in [1.29, 1.82) is 0 Å². The number of nitrogens with zero attached hydrogens (tertiary/aromatic N) is 1. The maximum atomic E-state index is 5.97. The topological polar surface area (TPSA) is 48.1 Å². The molecule has 0 unspecified atom stereocenters. The van der Waals surface area contributed by atoms with Crippen LogP contribution < -0.4 is 10.5 Å². The minimum atomic E-state index is 0.472. The number of halogens is 1. The molecule has 0 atom stereocenters. The van der Waals surface area contributed by atoms with E-state index in [0.29, 0.717) is 12.4 Å². The first kappa shape index (κ1) is 12.9. The van der Waals surface area contributed by atoms with Crippen LogP contribution >= 0.6 is 11.6 Å². The monoisotopic (exact) mass is 262 g/mol. The number of pyridine rings is 1. The Labute approximate surface area is 112 Å². The molecule has 18 heavy (non-hydrogen) atoms. The third kappa shape index (κ3) is 3.00. The van der Waals surface area contributed by atoms with Crippen molar-refractivity contribution in [2.75, 3.05) is 0 Å². The molecule has 0 bridgehead atoms. The molecular formula is C14H15ClN2O. The van der Waals surface area contributed by atoms with Crippen molar-refractivity contribution in [1.82, 2.24) is 4.98 Å². The number of hydrogen-bond acceptors (Lipinski definition) is 3. The van der Waals surface area contributed by atoms with Crippen molar-refractivity contribution in [3.05, 3.63) is 52.2 Å². The van der Waals surface area contributed by atoms with Crippen LogP contribution in [0.4, 0.5) is 0 Å². The summed E-state index contributed by atoms with van der Waals surface area (Å²) in [4.78, 5) is 4.32. The molecule has 4 heteroatoms. The summed E-state index contributed by atoms with van der Waals surface area (Å²) in [7, 11) is 0. The number of benzene rings is 1. The molecule has 0 fully saturated rings. The lowest BCUT2D eigenvalue weighted by Crippen LogP contribution is -1.99. The van der Waals surface area contributed by atoms with E-state index >= 15 is 0 Å². The molecule has 1 heterocycles. The second-order valence-electron chi connectivity index (χ2n) is 4.17. The number of aromatic nitrogens is 1. The van der Waals surface area contributed by atoms with Gasteiger partial charge in [-0.3, -0.25) is 0 Å². The number of aryl methyl sites for hydroxylation is 2. The molecule has 1 aromatic heterocycles. The molecule has 2 N–H and O–H groups in total. The summed E-state index contributed by atoms with van der Waals surface area (Å²) >= 11 is 5.97. The molecule has 0 saturated carbocycles. The lowest BCUT2D eigenvalue weighted by atomic mass is 10.2. The van der Waals surface area contributed by atoms with E-state index in [-0.39, 0.29) is 0 Å². The predicted octanol–water partition coefficient (Wildman–Crippen LogP) is 3.60. The van der Waals surface area contributed by atoms with Gasteiger partial charge in [0.15, 0.2) is 0 Å². The van der Waals surface area contributed by atoms with Crippen LogP contribution in [0.15, 0.2) is 30.3 Å². The van der Waals surface area contributed by atoms with Gasteiger partial charge in [0.2, 0.25) is 5.88 Å². The van der Waals surface area contributed by atoms with Crippen LogP contribution in [0.3, 0.4) is 0 Å². The molecule has 0 amide bonds. The van der Waals surface area contributed by atoms with Crippen LogP contribution in [0.5, 0.6) is 11.6 Å². The lowest BCUT2D eigenvalue weighted by Gasteiger charge is -2.08. The highest BCUT2D eigenvalue weighted by atomic mass is 35.5. The summed E-state index contributed by atoms with van der Waals surface area (Å²) in [5, 5.41) is 0.724. The molecule has 0 saturated heterocycles. The second-order valence-corrected chi connectivity index (χ2v) is 4.58. The highest BCUT2D eigenvalue weighted by Crippen LogP contribution is 2.25. The van der Waals surface area contributed by atoms with Gasteiger partial charge in [-0.15, -0.1) is 0 Å². The third-order valence-corrected chi connectivity index (χ3v) is 3.00. The molecule has 0 aliphatic rings. The van der Waals surface area contributed by atoms with Gasteiger partial charge in [-0.25, -0.2) is 4.98 Å². The first-order valence-electron chi connectivity index (χ1n) is 5.70. The average Bonchev–Trinajstić information content (AvgIpc) is 2.33. The zero-order valence-corrected chi connectivity index (χ0v) is 11.2. The molecule has 0 aliphatic heterocycles. The Kier molecular flexibility index (Phi) is 3.84. The molecule has 2 rings (SSSR count). The van der Waals surface area contributed by atoms with Crippen molar-refractivity contribution in [3.63, 3.8) is 0 Å². The number of ether oxygens (including phenoxy) is 1. The summed E-state index contributed by atoms with van der Waals surface area (Å²) in [5.41, 5.74) is 8.49. The van der Waals surface area contributed by atoms with Gasteiger partial charge >= 0.3 is 0 Å². The zero-order valence-electron chi connectivity index (χ0n) is 10.4. The highest BCUT2D eigenvalue weighted by Gasteiger charge is 2.04. The van der Waals surface area contributed by atoms with Gasteiger partial charge in [-0.2, -0.15) is 0 Å². The summed E-state index contributed by atoms with van der Waals surface area (Å²) < 4.78 is 5.71. The van der Waals surface area contributed by atoms with Crippen LogP contribution in [0.2, 0.25) is 5.02 Å². The summed E-state index contributed by atoms with van der Waals surface area (Å²) in [6.07, 6.45) is 0. The van der Waals surface area contributed by atoms with Gasteiger partial charge in [0, 0.05) is 23.3 Å². The van der Waals surface area contributed by atoms with Crippen molar-refractivity contribution < 1.29 is 4.74 Å². The van der Waals surface area contributed by atoms with Crippen LogP contribution in [0.25, 0.3) is 0 Å². The van der Waals surface area contributed by atoms with E-state index in [1.54, 1.807) is 0 Å². The first-order chi connectivity index (χ1) is 8.58. The van der Waals surface area contributed by atoms with Crippen molar-refractivity contribution in [2.24, 2.45) is 5.73 Å². The van der Waals surface area contributed by atoms with E-state index < -0.39 is 0 Å². The molecule has 0 spiro atoms. The lowest BCUT2D eigenvalue weighted by molar-refractivity contribution is 0.460. The number of nitrogens with two attached hydrogens (primary N) is 1. The van der Waals surface area contributed by atoms with Crippen LogP contribution in [-0.2, 0) is 6.54 Å². The SMILES string of the molecule is Cc1cc(CN)cc(Oc2ccc(Cl)c(C)c2)n1. The summed E-state index contributed by atoms with van der Waals surface area (Å²) in [5.74, 6) is 1.27. The standard InChI is InChI=1S/C14H15ClN2O/c1-9-5-12(3-4-13(9)15)18-14-7-11(8-16)6-10(2)17-14/h3-7H,8,16H2,1-2H3. The maximum Gasteiger partial charge on any atom is 0.219 e. The van der Waals surface area contributed by atoms with E-state index in [0.717, 1.165) is 27.6 Å². The molecule has 94 valence electrons. The minimum absolute atomic E-state index is 0.472. The van der Waals surface area contributed by atoms with Crippen LogP contribution in [0, 0.1) is 13.8 Å². The Bertz CT molecular complexity index is 570. The van der Waals surface area contributed by atoms with Gasteiger partial charge in [0.05, 0.1) is 0 Å². The van der Waals surface area contributed by atoms with Crippen molar-refractivity contribution in [3.8, 4) is 11.6 Å². The fourth-order valence-corrected chi connectivity index (χ4v) is 1.80. The Balaban J connectivity index is 2.27. The van der Waals surface area contributed by atoms with E-state index in [1.165, 1.54) is 0 Å². The molecule has 2 aromatic rings. The predicted molar refractivity (Wildman–Crippen MR) is 73.1 cm³/mol. The van der Waals surface area contributed by atoms with Crippen LogP contribution in [0.1, 0.15) is 16.8 Å². The van der Waals surface area contributed by atoms with Crippen molar-refractivity contribution >= 4 is 11.6 Å². The van der Waals surface area contributed by atoms with Gasteiger partial charge in [-0.1, -0.05) is 11.6 Å². The smallest absolute Gasteiger partial charge is 0.219 e. The summed E-state index contributed by atoms with van der Waals surface area (Å²) in [6, 6.07) is 9.30. The Hall–Kier alpha value is -1.58. The fraction of sp³-hybridized carbons (Fsp3) is 0.214. The fourth-order valence-electron chi connectivity index (χ4n) is 1.68. The summed E-state index contributed by atoms with van der Waals surface area (Å²) in [6.45, 7) is 4.32. The van der Waals surface area contributed by atoms with Gasteiger partial charge in [-0.05, 0) is 49.2 Å². The highest BCUT2D eigenvalue weighted by molar-refractivity contribution is 6.31. The molecular weight excluding hydrogens is 248 g/mol. The Morgan fingerprint density at radius 3 is 2.67 bits per heavy atom. The third-order valence-electron chi connectivity index (χ3n) is 2.58.